The van der Waals surface area contributed by atoms with Crippen LogP contribution in [0.15, 0.2) is 108 Å². The van der Waals surface area contributed by atoms with Gasteiger partial charge in [0.05, 0.1) is 0 Å². The Labute approximate surface area is 155 Å². The summed E-state index contributed by atoms with van der Waals surface area (Å²) in [5.74, 6) is 0.292. The first kappa shape index (κ1) is 16.4. The highest BCUT2D eigenvalue weighted by Crippen LogP contribution is 2.55. The molecule has 0 saturated heterocycles. The number of nitrogens with two attached hydrogens (primary N) is 1. The Hall–Kier alpha value is -3.06. The van der Waals surface area contributed by atoms with Crippen molar-refractivity contribution in [3.8, 4) is 0 Å². The van der Waals surface area contributed by atoms with E-state index in [0.717, 1.165) is 5.70 Å². The number of hydrogen-bond donors (Lipinski definition) is 1. The largest absolute Gasteiger partial charge is 0.401 e. The van der Waals surface area contributed by atoms with Crippen LogP contribution in [-0.4, -0.2) is 0 Å². The van der Waals surface area contributed by atoms with Gasteiger partial charge in [0.15, 0.2) is 0 Å². The molecule has 0 aliphatic heterocycles. The van der Waals surface area contributed by atoms with Crippen molar-refractivity contribution >= 4 is 10.8 Å². The van der Waals surface area contributed by atoms with Crippen molar-refractivity contribution < 1.29 is 0 Å². The molecule has 2 atom stereocenters. The zero-order valence-electron chi connectivity index (χ0n) is 15.1. The van der Waals surface area contributed by atoms with Crippen molar-refractivity contribution in [1.29, 1.82) is 0 Å². The van der Waals surface area contributed by atoms with E-state index in [0.29, 0.717) is 0 Å². The summed E-state index contributed by atoms with van der Waals surface area (Å²) in [6.45, 7) is 9.85. The lowest BCUT2D eigenvalue weighted by molar-refractivity contribution is 0.725. The minimum absolute atomic E-state index is 0.0975. The van der Waals surface area contributed by atoms with E-state index < -0.39 is 0 Å². The molecule has 0 saturated carbocycles. The van der Waals surface area contributed by atoms with Gasteiger partial charge in [-0.05, 0) is 52.1 Å². The van der Waals surface area contributed by atoms with Gasteiger partial charge in [0.1, 0.15) is 0 Å². The molecule has 2 aromatic rings. The minimum atomic E-state index is 0.0975. The molecular weight excluding hydrogens is 314 g/mol. The Morgan fingerprint density at radius 2 is 1.38 bits per heavy atom. The fourth-order valence-electron chi connectivity index (χ4n) is 4.40. The average molecular weight is 337 g/mol. The van der Waals surface area contributed by atoms with Crippen LogP contribution in [0.3, 0.4) is 0 Å². The molecule has 26 heavy (non-hydrogen) atoms. The molecule has 0 radical (unpaired) electrons. The van der Waals surface area contributed by atoms with E-state index in [4.69, 9.17) is 5.73 Å². The first-order valence-corrected chi connectivity index (χ1v) is 8.98. The molecular formula is C25H23N. The predicted molar refractivity (Wildman–Crippen MR) is 112 cm³/mol. The van der Waals surface area contributed by atoms with Crippen molar-refractivity contribution in [3.05, 3.63) is 120 Å². The molecule has 5 rings (SSSR count). The summed E-state index contributed by atoms with van der Waals surface area (Å²) in [7, 11) is 0. The van der Waals surface area contributed by atoms with Crippen molar-refractivity contribution in [2.75, 3.05) is 0 Å². The third-order valence-electron chi connectivity index (χ3n) is 5.55. The Bertz CT molecular complexity index is 959. The SMILES string of the molecule is C=C/C=C\C1=C(C)C2C(/C=C\C=C)=C(N)C1c1cc3ccccc3cc12. The van der Waals surface area contributed by atoms with Gasteiger partial charge in [-0.2, -0.15) is 0 Å². The molecule has 0 heterocycles. The maximum atomic E-state index is 6.69. The molecule has 1 heteroatoms. The molecule has 2 N–H and O–H groups in total. The van der Waals surface area contributed by atoms with Crippen LogP contribution >= 0.6 is 0 Å². The topological polar surface area (TPSA) is 26.0 Å². The molecule has 1 nitrogen and oxygen atoms in total. The molecule has 0 aromatic heterocycles. The third-order valence-corrected chi connectivity index (χ3v) is 5.55. The van der Waals surface area contributed by atoms with E-state index >= 15 is 0 Å². The summed E-state index contributed by atoms with van der Waals surface area (Å²) in [4.78, 5) is 0. The molecule has 0 fully saturated rings. The number of hydrogen-bond acceptors (Lipinski definition) is 1. The van der Waals surface area contributed by atoms with E-state index in [9.17, 15) is 0 Å². The Balaban J connectivity index is 2.00. The second kappa shape index (κ2) is 6.34. The molecule has 0 spiro atoms. The van der Waals surface area contributed by atoms with Crippen molar-refractivity contribution in [2.24, 2.45) is 5.73 Å². The highest BCUT2D eigenvalue weighted by molar-refractivity contribution is 5.86. The van der Waals surface area contributed by atoms with Crippen molar-refractivity contribution in [2.45, 2.75) is 18.8 Å². The number of fused-ring (bicyclic) bond motifs is 1. The highest BCUT2D eigenvalue weighted by Gasteiger charge is 2.40. The molecule has 3 aliphatic rings. The zero-order valence-corrected chi connectivity index (χ0v) is 15.1. The summed E-state index contributed by atoms with van der Waals surface area (Å²) in [5, 5.41) is 2.54. The standard InChI is InChI=1S/C25H23N/c1-4-6-12-19-16(3)23-20(13-7-5-2)25(26)24(19)22-15-18-11-9-8-10-17(18)14-21(22)23/h4-15,23-24H,1-2,26H2,3H3/b12-6-,13-7-. The summed E-state index contributed by atoms with van der Waals surface area (Å²) in [6.07, 6.45) is 11.9. The van der Waals surface area contributed by atoms with Crippen molar-refractivity contribution in [1.82, 2.24) is 0 Å². The number of allylic oxidation sites excluding steroid dienone is 9. The summed E-state index contributed by atoms with van der Waals surface area (Å²) in [6, 6.07) is 13.2. The first-order valence-electron chi connectivity index (χ1n) is 8.98. The van der Waals surface area contributed by atoms with E-state index in [1.807, 2.05) is 18.2 Å². The lowest BCUT2D eigenvalue weighted by Gasteiger charge is -2.42. The quantitative estimate of drug-likeness (QED) is 0.675. The van der Waals surface area contributed by atoms with Gasteiger partial charge < -0.3 is 5.73 Å². The maximum absolute atomic E-state index is 6.69. The van der Waals surface area contributed by atoms with Gasteiger partial charge in [0.25, 0.3) is 0 Å². The maximum Gasteiger partial charge on any atom is 0.0491 e. The van der Waals surface area contributed by atoms with Gasteiger partial charge in [-0.3, -0.25) is 0 Å². The minimum Gasteiger partial charge on any atom is -0.401 e. The van der Waals surface area contributed by atoms with Crippen LogP contribution in [0.4, 0.5) is 0 Å². The van der Waals surface area contributed by atoms with Gasteiger partial charge in [-0.15, -0.1) is 0 Å². The van der Waals surface area contributed by atoms with Gasteiger partial charge in [-0.1, -0.05) is 79.5 Å². The van der Waals surface area contributed by atoms with Gasteiger partial charge in [0, 0.05) is 17.5 Å². The third kappa shape index (κ3) is 2.32. The van der Waals surface area contributed by atoms with E-state index in [-0.39, 0.29) is 11.8 Å². The van der Waals surface area contributed by atoms with Crippen LogP contribution in [0, 0.1) is 0 Å². The fraction of sp³-hybridized carbons (Fsp3) is 0.120. The van der Waals surface area contributed by atoms with Crippen LogP contribution in [-0.2, 0) is 0 Å². The number of benzene rings is 2. The highest BCUT2D eigenvalue weighted by atomic mass is 14.7. The number of rotatable bonds is 4. The Morgan fingerprint density at radius 1 is 0.846 bits per heavy atom. The molecule has 2 aromatic carbocycles. The lowest BCUT2D eigenvalue weighted by Crippen LogP contribution is -2.30. The predicted octanol–water partition coefficient (Wildman–Crippen LogP) is 6.05. The summed E-state index contributed by atoms with van der Waals surface area (Å²) < 4.78 is 0. The fourth-order valence-corrected chi connectivity index (χ4v) is 4.40. The zero-order chi connectivity index (χ0) is 18.3. The molecule has 2 unspecified atom stereocenters. The van der Waals surface area contributed by atoms with Crippen molar-refractivity contribution in [3.63, 3.8) is 0 Å². The van der Waals surface area contributed by atoms with Gasteiger partial charge >= 0.3 is 0 Å². The normalized spacial score (nSPS) is 21.9. The molecule has 128 valence electrons. The van der Waals surface area contributed by atoms with Crippen LogP contribution in [0.25, 0.3) is 10.8 Å². The lowest BCUT2D eigenvalue weighted by atomic mass is 9.62. The van der Waals surface area contributed by atoms with Crippen LogP contribution < -0.4 is 5.73 Å². The van der Waals surface area contributed by atoms with E-state index in [2.05, 4.69) is 68.6 Å². The second-order valence-electron chi connectivity index (χ2n) is 6.93. The van der Waals surface area contributed by atoms with Gasteiger partial charge in [0.2, 0.25) is 0 Å². The van der Waals surface area contributed by atoms with E-state index in [1.54, 1.807) is 6.08 Å². The van der Waals surface area contributed by atoms with Gasteiger partial charge in [-0.25, -0.2) is 0 Å². The monoisotopic (exact) mass is 337 g/mol. The Kier molecular flexibility index (Phi) is 4.00. The van der Waals surface area contributed by atoms with E-state index in [1.165, 1.54) is 38.6 Å². The molecule has 2 bridgehead atoms. The van der Waals surface area contributed by atoms with Crippen LogP contribution in [0.2, 0.25) is 0 Å². The smallest absolute Gasteiger partial charge is 0.0491 e. The molecule has 0 amide bonds. The summed E-state index contributed by atoms with van der Waals surface area (Å²) in [5.41, 5.74) is 14.2. The van der Waals surface area contributed by atoms with Crippen LogP contribution in [0.1, 0.15) is 29.9 Å². The first-order chi connectivity index (χ1) is 12.7. The second-order valence-corrected chi connectivity index (χ2v) is 6.93. The molecule has 3 aliphatic carbocycles. The average Bonchev–Trinajstić information content (AvgIpc) is 2.65. The Morgan fingerprint density at radius 3 is 1.96 bits per heavy atom. The summed E-state index contributed by atoms with van der Waals surface area (Å²) >= 11 is 0. The van der Waals surface area contributed by atoms with Crippen LogP contribution in [0.5, 0.6) is 0 Å².